The number of nitrogen functional groups attached to an aromatic ring is 1. The molecule has 0 aliphatic heterocycles. The van der Waals surface area contributed by atoms with E-state index in [-0.39, 0.29) is 0 Å². The zero-order chi connectivity index (χ0) is 11.7. The van der Waals surface area contributed by atoms with Crippen LogP contribution in [0.15, 0.2) is 24.3 Å². The molecule has 0 radical (unpaired) electrons. The van der Waals surface area contributed by atoms with Gasteiger partial charge in [0, 0.05) is 11.9 Å². The number of hydrogen-bond donors (Lipinski definition) is 2. The van der Waals surface area contributed by atoms with Gasteiger partial charge in [0.2, 0.25) is 5.95 Å². The number of anilines is 2. The summed E-state index contributed by atoms with van der Waals surface area (Å²) in [6.45, 7) is 0.963. The van der Waals surface area contributed by atoms with Crippen LogP contribution in [-0.2, 0) is 0 Å². The van der Waals surface area contributed by atoms with E-state index in [0.29, 0.717) is 5.95 Å². The van der Waals surface area contributed by atoms with Crippen LogP contribution in [-0.4, -0.2) is 16.5 Å². The molecular formula is C13H16N4. The molecule has 88 valence electrons. The van der Waals surface area contributed by atoms with Crippen LogP contribution in [0.4, 0.5) is 11.8 Å². The van der Waals surface area contributed by atoms with Crippen LogP contribution in [0.3, 0.4) is 0 Å². The maximum Gasteiger partial charge on any atom is 0.222 e. The van der Waals surface area contributed by atoms with Crippen molar-refractivity contribution in [2.24, 2.45) is 5.92 Å². The number of rotatable bonds is 4. The lowest BCUT2D eigenvalue weighted by Crippen LogP contribution is -2.07. The van der Waals surface area contributed by atoms with E-state index in [1.807, 2.05) is 24.3 Å². The van der Waals surface area contributed by atoms with E-state index >= 15 is 0 Å². The predicted octanol–water partition coefficient (Wildman–Crippen LogP) is 2.42. The number of nitrogens with one attached hydrogen (secondary N) is 1. The average molecular weight is 228 g/mol. The lowest BCUT2D eigenvalue weighted by molar-refractivity contribution is 0.759. The Labute approximate surface area is 100 Å². The SMILES string of the molecule is Nc1nc(NCCC2CC2)c2ccccc2n1. The predicted molar refractivity (Wildman–Crippen MR) is 69.8 cm³/mol. The van der Waals surface area contributed by atoms with Crippen molar-refractivity contribution in [1.82, 2.24) is 9.97 Å². The molecule has 2 aromatic rings. The molecule has 0 bridgehead atoms. The van der Waals surface area contributed by atoms with Gasteiger partial charge in [0.1, 0.15) is 5.82 Å². The summed E-state index contributed by atoms with van der Waals surface area (Å²) in [5.41, 5.74) is 6.60. The smallest absolute Gasteiger partial charge is 0.222 e. The van der Waals surface area contributed by atoms with Crippen molar-refractivity contribution in [2.45, 2.75) is 19.3 Å². The highest BCUT2D eigenvalue weighted by Gasteiger charge is 2.20. The topological polar surface area (TPSA) is 63.8 Å². The van der Waals surface area contributed by atoms with Gasteiger partial charge in [-0.25, -0.2) is 4.98 Å². The number of hydrogen-bond acceptors (Lipinski definition) is 4. The zero-order valence-corrected chi connectivity index (χ0v) is 9.69. The number of benzene rings is 1. The second-order valence-corrected chi connectivity index (χ2v) is 4.61. The molecule has 1 aliphatic carbocycles. The Kier molecular flexibility index (Phi) is 2.55. The van der Waals surface area contributed by atoms with Crippen LogP contribution < -0.4 is 11.1 Å². The van der Waals surface area contributed by atoms with Gasteiger partial charge in [-0.15, -0.1) is 0 Å². The van der Waals surface area contributed by atoms with E-state index in [1.165, 1.54) is 19.3 Å². The fourth-order valence-corrected chi connectivity index (χ4v) is 2.03. The first-order valence-corrected chi connectivity index (χ1v) is 6.09. The summed E-state index contributed by atoms with van der Waals surface area (Å²) in [7, 11) is 0. The molecule has 0 spiro atoms. The molecule has 3 rings (SSSR count). The highest BCUT2D eigenvalue weighted by atomic mass is 15.1. The van der Waals surface area contributed by atoms with Gasteiger partial charge >= 0.3 is 0 Å². The molecule has 0 unspecified atom stereocenters. The van der Waals surface area contributed by atoms with Crippen molar-refractivity contribution in [2.75, 3.05) is 17.6 Å². The molecule has 1 aliphatic rings. The molecular weight excluding hydrogens is 212 g/mol. The molecule has 0 atom stereocenters. The maximum absolute atomic E-state index is 5.71. The minimum atomic E-state index is 0.331. The number of para-hydroxylation sites is 1. The first-order valence-electron chi connectivity index (χ1n) is 6.09. The molecule has 17 heavy (non-hydrogen) atoms. The van der Waals surface area contributed by atoms with E-state index in [1.54, 1.807) is 0 Å². The van der Waals surface area contributed by atoms with Crippen LogP contribution >= 0.6 is 0 Å². The number of nitrogens with two attached hydrogens (primary N) is 1. The summed E-state index contributed by atoms with van der Waals surface area (Å²) in [5.74, 6) is 2.11. The van der Waals surface area contributed by atoms with E-state index in [2.05, 4.69) is 15.3 Å². The fourth-order valence-electron chi connectivity index (χ4n) is 2.03. The first-order chi connectivity index (χ1) is 8.33. The Balaban J connectivity index is 1.85. The highest BCUT2D eigenvalue weighted by Crippen LogP contribution is 2.32. The third kappa shape index (κ3) is 2.30. The van der Waals surface area contributed by atoms with Gasteiger partial charge < -0.3 is 11.1 Å². The highest BCUT2D eigenvalue weighted by molar-refractivity contribution is 5.89. The number of fused-ring (bicyclic) bond motifs is 1. The van der Waals surface area contributed by atoms with E-state index in [9.17, 15) is 0 Å². The minimum Gasteiger partial charge on any atom is -0.369 e. The van der Waals surface area contributed by atoms with Crippen molar-refractivity contribution >= 4 is 22.7 Å². The third-order valence-electron chi connectivity index (χ3n) is 3.16. The summed E-state index contributed by atoms with van der Waals surface area (Å²) < 4.78 is 0. The molecule has 1 aromatic carbocycles. The molecule has 1 aromatic heterocycles. The quantitative estimate of drug-likeness (QED) is 0.843. The molecule has 4 nitrogen and oxygen atoms in total. The Bertz CT molecular complexity index is 534. The van der Waals surface area contributed by atoms with E-state index in [0.717, 1.165) is 29.2 Å². The molecule has 3 N–H and O–H groups in total. The lowest BCUT2D eigenvalue weighted by Gasteiger charge is -2.08. The number of nitrogens with zero attached hydrogens (tertiary/aromatic N) is 2. The van der Waals surface area contributed by atoms with Gasteiger partial charge in [0.05, 0.1) is 5.52 Å². The van der Waals surface area contributed by atoms with Gasteiger partial charge in [0.25, 0.3) is 0 Å². The summed E-state index contributed by atoms with van der Waals surface area (Å²) in [4.78, 5) is 8.49. The molecule has 1 fully saturated rings. The Hall–Kier alpha value is -1.84. The Morgan fingerprint density at radius 3 is 2.88 bits per heavy atom. The summed E-state index contributed by atoms with van der Waals surface area (Å²) >= 11 is 0. The fraction of sp³-hybridized carbons (Fsp3) is 0.385. The standard InChI is InChI=1S/C13H16N4/c14-13-16-11-4-2-1-3-10(11)12(17-13)15-8-7-9-5-6-9/h1-4,9H,5-8H2,(H3,14,15,16,17). The normalized spacial score (nSPS) is 15.1. The van der Waals surface area contributed by atoms with Crippen LogP contribution in [0.2, 0.25) is 0 Å². The second kappa shape index (κ2) is 4.20. The largest absolute Gasteiger partial charge is 0.369 e. The van der Waals surface area contributed by atoms with Gasteiger partial charge in [-0.2, -0.15) is 4.98 Å². The number of aromatic nitrogens is 2. The molecule has 0 amide bonds. The monoisotopic (exact) mass is 228 g/mol. The lowest BCUT2D eigenvalue weighted by atomic mass is 10.2. The summed E-state index contributed by atoms with van der Waals surface area (Å²) in [6.07, 6.45) is 3.99. The van der Waals surface area contributed by atoms with Crippen molar-refractivity contribution in [3.05, 3.63) is 24.3 Å². The summed E-state index contributed by atoms with van der Waals surface area (Å²) in [5, 5.41) is 4.41. The maximum atomic E-state index is 5.71. The third-order valence-corrected chi connectivity index (χ3v) is 3.16. The molecule has 4 heteroatoms. The van der Waals surface area contributed by atoms with Crippen LogP contribution in [0.25, 0.3) is 10.9 Å². The van der Waals surface area contributed by atoms with Crippen molar-refractivity contribution in [1.29, 1.82) is 0 Å². The Morgan fingerprint density at radius 1 is 1.24 bits per heavy atom. The Morgan fingerprint density at radius 2 is 2.06 bits per heavy atom. The summed E-state index contributed by atoms with van der Waals surface area (Å²) in [6, 6.07) is 7.93. The van der Waals surface area contributed by atoms with Crippen molar-refractivity contribution < 1.29 is 0 Å². The van der Waals surface area contributed by atoms with Gasteiger partial charge in [-0.1, -0.05) is 25.0 Å². The first kappa shape index (κ1) is 10.3. The average Bonchev–Trinajstić information content (AvgIpc) is 3.13. The molecule has 0 saturated heterocycles. The molecule has 1 heterocycles. The van der Waals surface area contributed by atoms with E-state index in [4.69, 9.17) is 5.73 Å². The minimum absolute atomic E-state index is 0.331. The van der Waals surface area contributed by atoms with Gasteiger partial charge in [-0.3, -0.25) is 0 Å². The molecule has 1 saturated carbocycles. The van der Waals surface area contributed by atoms with Crippen LogP contribution in [0, 0.1) is 5.92 Å². The van der Waals surface area contributed by atoms with Gasteiger partial charge in [-0.05, 0) is 24.5 Å². The van der Waals surface area contributed by atoms with Crippen molar-refractivity contribution in [3.63, 3.8) is 0 Å². The van der Waals surface area contributed by atoms with Crippen LogP contribution in [0.5, 0.6) is 0 Å². The zero-order valence-electron chi connectivity index (χ0n) is 9.69. The van der Waals surface area contributed by atoms with E-state index < -0.39 is 0 Å². The second-order valence-electron chi connectivity index (χ2n) is 4.61. The van der Waals surface area contributed by atoms with Crippen molar-refractivity contribution in [3.8, 4) is 0 Å². The van der Waals surface area contributed by atoms with Gasteiger partial charge in [0.15, 0.2) is 0 Å². The van der Waals surface area contributed by atoms with Crippen LogP contribution in [0.1, 0.15) is 19.3 Å².